The second-order valence-electron chi connectivity index (χ2n) is 12.3. The first-order valence-corrected chi connectivity index (χ1v) is 15.3. The molecule has 0 amide bonds. The normalized spacial score (nSPS) is 36.7. The molecule has 5 atom stereocenters. The van der Waals surface area contributed by atoms with E-state index in [-0.39, 0.29) is 46.7 Å². The Balaban J connectivity index is 1.80. The van der Waals surface area contributed by atoms with Crippen LogP contribution < -0.4 is 0 Å². The van der Waals surface area contributed by atoms with Gasteiger partial charge in [-0.15, -0.1) is 0 Å². The molecule has 0 heterocycles. The fourth-order valence-electron chi connectivity index (χ4n) is 6.46. The van der Waals surface area contributed by atoms with E-state index in [1.165, 1.54) is 0 Å². The second-order valence-corrected chi connectivity index (χ2v) is 17.1. The van der Waals surface area contributed by atoms with Gasteiger partial charge in [0.15, 0.2) is 19.7 Å². The van der Waals surface area contributed by atoms with Crippen LogP contribution in [0.2, 0.25) is 18.1 Å². The number of carbonyl (C=O) groups excluding carboxylic acids is 1. The molecule has 0 aromatic carbocycles. The lowest BCUT2D eigenvalue weighted by Gasteiger charge is -2.41. The molecule has 0 radical (unpaired) electrons. The number of fused-ring (bicyclic) bond motifs is 3. The lowest BCUT2D eigenvalue weighted by atomic mass is 9.69. The third kappa shape index (κ3) is 3.05. The average Bonchev–Trinajstić information content (AvgIpc) is 3.32. The fraction of sp³-hybridized carbons (Fsp3) is 0.808. The summed E-state index contributed by atoms with van der Waals surface area (Å²) >= 11 is 0. The number of Topliss-reactive ketones (excluding diaryl/α,β-unsaturated/α-hetero) is 1. The fourth-order valence-corrected chi connectivity index (χ4v) is 7.81. The molecule has 6 heteroatoms. The minimum Gasteiger partial charge on any atom is -0.488 e. The van der Waals surface area contributed by atoms with Crippen molar-refractivity contribution in [2.75, 3.05) is 0 Å². The van der Waals surface area contributed by atoms with Crippen LogP contribution in [-0.4, -0.2) is 43.1 Å². The Morgan fingerprint density at radius 1 is 1.12 bits per heavy atom. The number of hydrogen-bond acceptors (Lipinski definition) is 5. The maximum atomic E-state index is 14.0. The van der Waals surface area contributed by atoms with Crippen LogP contribution >= 0.6 is 0 Å². The Bertz CT molecular complexity index is 864. The number of aliphatic hydroxyl groups is 1. The van der Waals surface area contributed by atoms with Crippen molar-refractivity contribution in [2.45, 2.75) is 116 Å². The van der Waals surface area contributed by atoms with Crippen LogP contribution in [0.5, 0.6) is 0 Å². The van der Waals surface area contributed by atoms with Crippen molar-refractivity contribution < 1.29 is 23.8 Å². The first-order valence-electron chi connectivity index (χ1n) is 12.4. The monoisotopic (exact) mass is 462 g/mol. The number of rotatable bonds is 6. The van der Waals surface area contributed by atoms with Gasteiger partial charge in [-0.3, -0.25) is 4.79 Å². The largest absolute Gasteiger partial charge is 0.488 e. The summed E-state index contributed by atoms with van der Waals surface area (Å²) in [7, 11) is -2.00. The highest BCUT2D eigenvalue weighted by atomic mass is 28.4. The van der Waals surface area contributed by atoms with E-state index in [0.29, 0.717) is 12.2 Å². The number of hydrogen-bond donors (Lipinski definition) is 1. The van der Waals surface area contributed by atoms with Crippen molar-refractivity contribution in [1.29, 1.82) is 0 Å². The molecule has 4 aliphatic rings. The van der Waals surface area contributed by atoms with Gasteiger partial charge in [0.25, 0.3) is 0 Å². The first-order chi connectivity index (χ1) is 14.7. The lowest BCUT2D eigenvalue weighted by Crippen LogP contribution is -2.49. The van der Waals surface area contributed by atoms with Gasteiger partial charge in [-0.1, -0.05) is 33.3 Å². The predicted octanol–water partition coefficient (Wildman–Crippen LogP) is 5.50. The van der Waals surface area contributed by atoms with Crippen LogP contribution in [0.3, 0.4) is 0 Å². The van der Waals surface area contributed by atoms with E-state index in [1.807, 2.05) is 27.7 Å². The van der Waals surface area contributed by atoms with Crippen molar-refractivity contribution in [1.82, 2.24) is 0 Å². The van der Waals surface area contributed by atoms with E-state index in [4.69, 9.17) is 13.9 Å². The Morgan fingerprint density at radius 2 is 1.75 bits per heavy atom. The van der Waals surface area contributed by atoms with Gasteiger partial charge in [0.1, 0.15) is 0 Å². The number of allylic oxidation sites excluding steroid dienone is 1. The molecule has 2 fully saturated rings. The number of ketones is 1. The van der Waals surface area contributed by atoms with Gasteiger partial charge in [-0.2, -0.15) is 0 Å². The van der Waals surface area contributed by atoms with Gasteiger partial charge in [0, 0.05) is 5.92 Å². The molecule has 32 heavy (non-hydrogen) atoms. The third-order valence-corrected chi connectivity index (χ3v) is 13.2. The molecular weight excluding hydrogens is 420 g/mol. The topological polar surface area (TPSA) is 65.0 Å². The molecular formula is C26H42O5Si. The lowest BCUT2D eigenvalue weighted by molar-refractivity contribution is -0.137. The minimum absolute atomic E-state index is 0.0167. The summed E-state index contributed by atoms with van der Waals surface area (Å²) in [6, 6.07) is 0. The smallest absolute Gasteiger partial charge is 0.211 e. The van der Waals surface area contributed by atoms with E-state index >= 15 is 0 Å². The first kappa shape index (κ1) is 24.0. The highest BCUT2D eigenvalue weighted by Crippen LogP contribution is 2.73. The zero-order chi connectivity index (χ0) is 23.9. The van der Waals surface area contributed by atoms with Crippen LogP contribution in [0.1, 0.15) is 74.1 Å². The Kier molecular flexibility index (Phi) is 5.59. The zero-order valence-corrected chi connectivity index (χ0v) is 22.4. The van der Waals surface area contributed by atoms with Gasteiger partial charge >= 0.3 is 0 Å². The summed E-state index contributed by atoms with van der Waals surface area (Å²) in [6.45, 7) is 19.0. The van der Waals surface area contributed by atoms with Gasteiger partial charge < -0.3 is 19.0 Å². The molecule has 0 aromatic heterocycles. The Hall–Kier alpha value is -1.11. The zero-order valence-electron chi connectivity index (χ0n) is 21.4. The van der Waals surface area contributed by atoms with Crippen molar-refractivity contribution in [3.8, 4) is 0 Å². The molecule has 1 spiro atoms. The molecule has 0 aliphatic heterocycles. The quantitative estimate of drug-likeness (QED) is 0.417. The van der Waals surface area contributed by atoms with Gasteiger partial charge in [-0.25, -0.2) is 0 Å². The van der Waals surface area contributed by atoms with E-state index in [0.717, 1.165) is 24.8 Å². The predicted molar refractivity (Wildman–Crippen MR) is 127 cm³/mol. The highest BCUT2D eigenvalue weighted by molar-refractivity contribution is 6.74. The maximum absolute atomic E-state index is 14.0. The van der Waals surface area contributed by atoms with E-state index in [1.54, 1.807) is 0 Å². The van der Waals surface area contributed by atoms with Crippen LogP contribution in [-0.2, 0) is 18.7 Å². The standard InChI is InChI=1S/C26H42O5Si/c1-15(2)29-21-22(27)25-14-10-11-17(25)20-18(26(25,28)23(21)30-16(3)4)12-13-19(20)31-32(8,9)24(5,6)7/h12,15-17,19-20,28H,10-11,13-14H2,1-9H3/t17-,19-,20-,25-,26-/m0/s1. The highest BCUT2D eigenvalue weighted by Gasteiger charge is 2.79. The van der Waals surface area contributed by atoms with Gasteiger partial charge in [0.2, 0.25) is 11.5 Å². The van der Waals surface area contributed by atoms with Crippen molar-refractivity contribution in [2.24, 2.45) is 17.3 Å². The number of carbonyl (C=O) groups is 1. The molecule has 1 N–H and O–H groups in total. The molecule has 5 nitrogen and oxygen atoms in total. The second kappa shape index (κ2) is 7.44. The van der Waals surface area contributed by atoms with Crippen LogP contribution in [0, 0.1) is 17.3 Å². The van der Waals surface area contributed by atoms with Crippen molar-refractivity contribution in [3.05, 3.63) is 23.2 Å². The van der Waals surface area contributed by atoms with E-state index in [9.17, 15) is 9.90 Å². The van der Waals surface area contributed by atoms with Crippen LogP contribution in [0.25, 0.3) is 0 Å². The summed E-state index contributed by atoms with van der Waals surface area (Å²) < 4.78 is 19.2. The molecule has 0 unspecified atom stereocenters. The summed E-state index contributed by atoms with van der Waals surface area (Å²) in [4.78, 5) is 14.0. The van der Waals surface area contributed by atoms with Crippen molar-refractivity contribution in [3.63, 3.8) is 0 Å². The molecule has 180 valence electrons. The Labute approximate surface area is 194 Å². The van der Waals surface area contributed by atoms with Gasteiger partial charge in [0.05, 0.1) is 23.7 Å². The molecule has 4 rings (SSSR count). The maximum Gasteiger partial charge on any atom is 0.211 e. The molecule has 4 aliphatic carbocycles. The number of ether oxygens (including phenoxy) is 2. The van der Waals surface area contributed by atoms with Crippen LogP contribution in [0.4, 0.5) is 0 Å². The average molecular weight is 463 g/mol. The third-order valence-electron chi connectivity index (χ3n) is 8.65. The summed E-state index contributed by atoms with van der Waals surface area (Å²) in [5.74, 6) is 0.652. The van der Waals surface area contributed by atoms with E-state index < -0.39 is 19.3 Å². The van der Waals surface area contributed by atoms with E-state index in [2.05, 4.69) is 39.9 Å². The van der Waals surface area contributed by atoms with Gasteiger partial charge in [-0.05, 0) is 76.6 Å². The summed E-state index contributed by atoms with van der Waals surface area (Å²) in [5, 5.41) is 12.6. The minimum atomic E-state index is -2.00. The molecule has 0 bridgehead atoms. The SMILES string of the molecule is CC(C)OC1=C(OC(C)C)[C@@]2(O)C3=CC[C@H](O[Si](C)(C)C(C)(C)C)[C@H]3[C@@H]3CCC[C@@]32C1=O. The Morgan fingerprint density at radius 3 is 2.31 bits per heavy atom. The summed E-state index contributed by atoms with van der Waals surface area (Å²) in [6.07, 6.45) is 5.15. The molecule has 0 aromatic rings. The molecule has 2 saturated carbocycles. The molecule has 0 saturated heterocycles. The summed E-state index contributed by atoms with van der Waals surface area (Å²) in [5.41, 5.74) is -1.36. The van der Waals surface area contributed by atoms with Crippen LogP contribution in [0.15, 0.2) is 23.2 Å². The van der Waals surface area contributed by atoms with Crippen molar-refractivity contribution >= 4 is 14.1 Å².